The number of para-hydroxylation sites is 3. The van der Waals surface area contributed by atoms with E-state index < -0.39 is 0 Å². The van der Waals surface area contributed by atoms with Crippen LogP contribution in [0.5, 0.6) is 0 Å². The highest BCUT2D eigenvalue weighted by molar-refractivity contribution is 8.15. The Balaban J connectivity index is 1.29. The molecular weight excluding hydrogens is 487 g/mol. The maximum Gasteiger partial charge on any atom is 0.243 e. The van der Waals surface area contributed by atoms with Crippen LogP contribution in [0.15, 0.2) is 75.3 Å². The molecule has 4 aromatic rings. The Morgan fingerprint density at radius 2 is 1.94 bits per heavy atom. The molecule has 3 heterocycles. The van der Waals surface area contributed by atoms with Crippen LogP contribution in [0.1, 0.15) is 6.92 Å². The van der Waals surface area contributed by atoms with Crippen LogP contribution >= 0.6 is 34.9 Å². The molecule has 34 heavy (non-hydrogen) atoms. The molecule has 8 nitrogen and oxygen atoms in total. The second-order valence-electron chi connectivity index (χ2n) is 7.36. The summed E-state index contributed by atoms with van der Waals surface area (Å²) in [5, 5.41) is 16.3. The van der Waals surface area contributed by atoms with Crippen LogP contribution in [-0.4, -0.2) is 49.9 Å². The first kappa shape index (κ1) is 22.6. The average molecular weight is 508 g/mol. The van der Waals surface area contributed by atoms with Crippen molar-refractivity contribution in [2.75, 3.05) is 28.8 Å². The predicted octanol–water partition coefficient (Wildman–Crippen LogP) is 5.13. The van der Waals surface area contributed by atoms with Crippen molar-refractivity contribution in [2.24, 2.45) is 10.2 Å². The van der Waals surface area contributed by atoms with E-state index in [2.05, 4.69) is 26.2 Å². The number of fused-ring (bicyclic) bond motifs is 1. The summed E-state index contributed by atoms with van der Waals surface area (Å²) >= 11 is 4.52. The lowest BCUT2D eigenvalue weighted by atomic mass is 10.3. The third kappa shape index (κ3) is 4.59. The van der Waals surface area contributed by atoms with E-state index in [0.29, 0.717) is 17.5 Å². The number of thiazole rings is 1. The number of hydrogen-bond acceptors (Lipinski definition) is 9. The van der Waals surface area contributed by atoms with Crippen molar-refractivity contribution in [2.45, 2.75) is 12.1 Å². The van der Waals surface area contributed by atoms with E-state index >= 15 is 0 Å². The molecule has 1 amide bonds. The lowest BCUT2D eigenvalue weighted by Gasteiger charge is -2.14. The minimum atomic E-state index is 0.00730. The molecule has 0 unspecified atom stereocenters. The topological polar surface area (TPSA) is 87.8 Å². The molecule has 2 aromatic heterocycles. The highest BCUT2D eigenvalue weighted by atomic mass is 32.2. The molecule has 0 spiro atoms. The summed E-state index contributed by atoms with van der Waals surface area (Å²) in [5.41, 5.74) is 3.57. The van der Waals surface area contributed by atoms with Gasteiger partial charge < -0.3 is 5.32 Å². The van der Waals surface area contributed by atoms with E-state index in [-0.39, 0.29) is 5.91 Å². The van der Waals surface area contributed by atoms with Gasteiger partial charge in [0.2, 0.25) is 5.91 Å². The lowest BCUT2D eigenvalue weighted by molar-refractivity contribution is -0.115. The molecule has 11 heteroatoms. The zero-order chi connectivity index (χ0) is 23.5. The summed E-state index contributed by atoms with van der Waals surface area (Å²) in [6.45, 7) is 2.39. The second-order valence-corrected chi connectivity index (χ2v) is 9.93. The Labute approximate surface area is 209 Å². The number of amides is 1. The summed E-state index contributed by atoms with van der Waals surface area (Å²) < 4.78 is 2.07. The number of aromatic nitrogens is 3. The minimum Gasteiger partial charge on any atom is -0.356 e. The van der Waals surface area contributed by atoms with Gasteiger partial charge in [0.05, 0.1) is 34.7 Å². The van der Waals surface area contributed by atoms with E-state index in [9.17, 15) is 4.79 Å². The third-order valence-electron chi connectivity index (χ3n) is 5.02. The molecule has 0 atom stereocenters. The molecule has 1 fully saturated rings. The number of carbonyl (C=O) groups is 1. The number of nitrogens with one attached hydrogen (secondary N) is 1. The van der Waals surface area contributed by atoms with Crippen LogP contribution < -0.4 is 10.2 Å². The van der Waals surface area contributed by atoms with Crippen LogP contribution in [0.4, 0.5) is 10.8 Å². The fraction of sp³-hybridized carbons (Fsp3) is 0.174. The Morgan fingerprint density at radius 3 is 2.76 bits per heavy atom. The Bertz CT molecular complexity index is 1390. The van der Waals surface area contributed by atoms with Gasteiger partial charge in [0.15, 0.2) is 21.3 Å². The van der Waals surface area contributed by atoms with E-state index in [1.54, 1.807) is 16.7 Å². The molecular formula is C23H21N7OS3. The van der Waals surface area contributed by atoms with Crippen LogP contribution in [0, 0.1) is 0 Å². The molecule has 0 bridgehead atoms. The molecule has 172 valence electrons. The Morgan fingerprint density at radius 1 is 1.15 bits per heavy atom. The summed E-state index contributed by atoms with van der Waals surface area (Å²) in [4.78, 5) is 23.4. The largest absolute Gasteiger partial charge is 0.356 e. The first-order valence-corrected chi connectivity index (χ1v) is 13.6. The van der Waals surface area contributed by atoms with Gasteiger partial charge in [0.25, 0.3) is 0 Å². The van der Waals surface area contributed by atoms with Crippen molar-refractivity contribution in [3.8, 4) is 5.82 Å². The summed E-state index contributed by atoms with van der Waals surface area (Å²) in [5.74, 6) is 1.20. The van der Waals surface area contributed by atoms with Crippen molar-refractivity contribution >= 4 is 73.5 Å². The number of imidazole rings is 1. The van der Waals surface area contributed by atoms with Gasteiger partial charge in [-0.05, 0) is 37.4 Å². The fourth-order valence-electron chi connectivity index (χ4n) is 3.45. The zero-order valence-electron chi connectivity index (χ0n) is 18.5. The number of amidine groups is 1. The standard InChI is InChI=1S/C23H21N7OS3/c1-15(27-28-23-29(20(31)14-34-23)16-8-4-3-5-9-16)12-24-21-26-19(13-33-21)30-18-11-7-6-10-17(18)25-22(30)32-2/h3-11,13H,12,14H2,1-2H3,(H,24,26)/b27-15+,28-23-. The molecule has 1 aliphatic rings. The third-order valence-corrected chi connectivity index (χ3v) is 7.36. The van der Waals surface area contributed by atoms with Gasteiger partial charge in [-0.2, -0.15) is 5.10 Å². The number of rotatable bonds is 7. The van der Waals surface area contributed by atoms with Crippen LogP contribution in [0.3, 0.4) is 0 Å². The first-order chi connectivity index (χ1) is 16.6. The van der Waals surface area contributed by atoms with Crippen LogP contribution in [-0.2, 0) is 4.79 Å². The van der Waals surface area contributed by atoms with Gasteiger partial charge in [-0.15, -0.1) is 16.4 Å². The SMILES string of the molecule is CSc1nc2ccccc2n1-c1csc(NC/C(C)=N/N=C2\SCC(=O)N2c2ccccc2)n1. The fourth-order valence-corrected chi connectivity index (χ4v) is 5.50. The Hall–Kier alpha value is -3.15. The van der Waals surface area contributed by atoms with Crippen molar-refractivity contribution in [1.29, 1.82) is 0 Å². The Kier molecular flexibility index (Phi) is 6.66. The first-order valence-electron chi connectivity index (χ1n) is 10.5. The molecule has 1 N–H and O–H groups in total. The van der Waals surface area contributed by atoms with Crippen molar-refractivity contribution < 1.29 is 4.79 Å². The molecule has 0 saturated carbocycles. The van der Waals surface area contributed by atoms with Crippen molar-refractivity contribution in [3.63, 3.8) is 0 Å². The van der Waals surface area contributed by atoms with Gasteiger partial charge in [-0.1, -0.05) is 53.9 Å². The quantitative estimate of drug-likeness (QED) is 0.212. The molecule has 5 rings (SSSR count). The van der Waals surface area contributed by atoms with Gasteiger partial charge in [0.1, 0.15) is 0 Å². The van der Waals surface area contributed by atoms with Gasteiger partial charge in [-0.25, -0.2) is 9.97 Å². The van der Waals surface area contributed by atoms with Gasteiger partial charge in [0, 0.05) is 5.38 Å². The predicted molar refractivity (Wildman–Crippen MR) is 144 cm³/mol. The number of benzene rings is 2. The number of thioether (sulfide) groups is 2. The maximum atomic E-state index is 12.3. The smallest absolute Gasteiger partial charge is 0.243 e. The number of nitrogens with zero attached hydrogens (tertiary/aromatic N) is 6. The molecule has 0 aliphatic carbocycles. The maximum absolute atomic E-state index is 12.3. The monoisotopic (exact) mass is 507 g/mol. The van der Waals surface area contributed by atoms with Crippen LogP contribution in [0.25, 0.3) is 16.9 Å². The lowest BCUT2D eigenvalue weighted by Crippen LogP contribution is -2.29. The van der Waals surface area contributed by atoms with E-state index in [4.69, 9.17) is 9.97 Å². The van der Waals surface area contributed by atoms with E-state index in [1.807, 2.05) is 67.1 Å². The average Bonchev–Trinajstić information content (AvgIpc) is 3.58. The summed E-state index contributed by atoms with van der Waals surface area (Å²) in [7, 11) is 0. The molecule has 2 aromatic carbocycles. The number of carbonyl (C=O) groups excluding carboxylic acids is 1. The van der Waals surface area contributed by atoms with E-state index in [1.165, 1.54) is 23.1 Å². The zero-order valence-corrected chi connectivity index (χ0v) is 21.0. The number of anilines is 2. The van der Waals surface area contributed by atoms with E-state index in [0.717, 1.165) is 38.5 Å². The molecule has 1 saturated heterocycles. The molecule has 0 radical (unpaired) electrons. The number of hydrogen-bond donors (Lipinski definition) is 1. The summed E-state index contributed by atoms with van der Waals surface area (Å²) in [6, 6.07) is 17.6. The van der Waals surface area contributed by atoms with Crippen molar-refractivity contribution in [3.05, 3.63) is 60.0 Å². The normalized spacial score (nSPS) is 15.6. The summed E-state index contributed by atoms with van der Waals surface area (Å²) in [6.07, 6.45) is 2.01. The van der Waals surface area contributed by atoms with Gasteiger partial charge in [-0.3, -0.25) is 14.3 Å². The van der Waals surface area contributed by atoms with Crippen LogP contribution in [0.2, 0.25) is 0 Å². The second kappa shape index (κ2) is 10.00. The van der Waals surface area contributed by atoms with Crippen molar-refractivity contribution in [1.82, 2.24) is 14.5 Å². The highest BCUT2D eigenvalue weighted by Crippen LogP contribution is 2.29. The minimum absolute atomic E-state index is 0.00730. The van der Waals surface area contributed by atoms with Gasteiger partial charge >= 0.3 is 0 Å². The highest BCUT2D eigenvalue weighted by Gasteiger charge is 2.29. The molecule has 1 aliphatic heterocycles.